The Morgan fingerprint density at radius 2 is 2.09 bits per heavy atom. The van der Waals surface area contributed by atoms with Crippen LogP contribution < -0.4 is 0 Å². The number of hydrogen-bond donors (Lipinski definition) is 0. The van der Waals surface area contributed by atoms with E-state index in [-0.39, 0.29) is 11.9 Å². The van der Waals surface area contributed by atoms with Crippen LogP contribution in [0.1, 0.15) is 27.7 Å². The summed E-state index contributed by atoms with van der Waals surface area (Å²) >= 11 is 0. The third kappa shape index (κ3) is 2.70. The molecule has 0 bridgehead atoms. The lowest BCUT2D eigenvalue weighted by Crippen LogP contribution is -2.32. The van der Waals surface area contributed by atoms with Crippen LogP contribution in [0.2, 0.25) is 0 Å². The molecule has 0 aromatic carbocycles. The van der Waals surface area contributed by atoms with E-state index in [0.717, 1.165) is 0 Å². The van der Waals surface area contributed by atoms with Gasteiger partial charge in [0.2, 0.25) is 5.91 Å². The minimum absolute atomic E-state index is 0.102. The molecule has 3 heteroatoms. The molecule has 1 aliphatic rings. The van der Waals surface area contributed by atoms with Gasteiger partial charge in [-0.05, 0) is 13.8 Å². The van der Waals surface area contributed by atoms with E-state index in [4.69, 9.17) is 0 Å². The van der Waals surface area contributed by atoms with E-state index in [2.05, 4.69) is 4.99 Å². The Labute approximate surface area is 68.1 Å². The monoisotopic (exact) mass is 156 g/mol. The number of carbonyl (C=O) groups excluding carboxylic acids is 1. The number of amides is 1. The van der Waals surface area contributed by atoms with Crippen LogP contribution in [0.25, 0.3) is 0 Å². The summed E-state index contributed by atoms with van der Waals surface area (Å²) in [6.07, 6.45) is 1.60. The molecule has 0 saturated carbocycles. The van der Waals surface area contributed by atoms with Gasteiger partial charge in [-0.3, -0.25) is 14.7 Å². The molecule has 1 aliphatic heterocycles. The Kier molecular flexibility index (Phi) is 4.50. The quantitative estimate of drug-likeness (QED) is 0.563. The molecule has 0 N–H and O–H groups in total. The minimum Gasteiger partial charge on any atom is -0.299 e. The molecule has 0 saturated heterocycles. The lowest BCUT2D eigenvalue weighted by atomic mass is 10.3. The molecule has 0 aromatic rings. The van der Waals surface area contributed by atoms with Crippen molar-refractivity contribution in [2.45, 2.75) is 33.7 Å². The van der Waals surface area contributed by atoms with E-state index < -0.39 is 0 Å². The molecule has 0 atom stereocenters. The van der Waals surface area contributed by atoms with Gasteiger partial charge in [-0.2, -0.15) is 0 Å². The molecule has 0 aromatic heterocycles. The van der Waals surface area contributed by atoms with Gasteiger partial charge in [0.05, 0.1) is 6.34 Å². The maximum absolute atomic E-state index is 10.8. The van der Waals surface area contributed by atoms with Crippen molar-refractivity contribution in [2.24, 2.45) is 4.99 Å². The average Bonchev–Trinajstić information content (AvgIpc) is 2.39. The normalized spacial score (nSPS) is 15.4. The number of hydrogen-bond acceptors (Lipinski definition) is 2. The van der Waals surface area contributed by atoms with E-state index in [1.165, 1.54) is 0 Å². The highest BCUT2D eigenvalue weighted by atomic mass is 16.2. The van der Waals surface area contributed by atoms with Crippen molar-refractivity contribution >= 4 is 12.2 Å². The van der Waals surface area contributed by atoms with E-state index in [1.54, 1.807) is 11.2 Å². The zero-order valence-corrected chi connectivity index (χ0v) is 7.66. The van der Waals surface area contributed by atoms with E-state index in [1.807, 2.05) is 27.7 Å². The van der Waals surface area contributed by atoms with E-state index >= 15 is 0 Å². The number of aliphatic imine (C=N–C) groups is 1. The Balaban J connectivity index is 0.000000461. The average molecular weight is 156 g/mol. The topological polar surface area (TPSA) is 32.7 Å². The van der Waals surface area contributed by atoms with Crippen LogP contribution in [0.4, 0.5) is 0 Å². The summed E-state index contributed by atoms with van der Waals surface area (Å²) in [4.78, 5) is 16.3. The molecule has 1 heterocycles. The van der Waals surface area contributed by atoms with Crippen LogP contribution in [0.15, 0.2) is 4.99 Å². The third-order valence-electron chi connectivity index (χ3n) is 1.28. The van der Waals surface area contributed by atoms with Gasteiger partial charge in [0.15, 0.2) is 0 Å². The third-order valence-corrected chi connectivity index (χ3v) is 1.28. The van der Waals surface area contributed by atoms with Crippen molar-refractivity contribution in [3.8, 4) is 0 Å². The fraction of sp³-hybridized carbons (Fsp3) is 0.750. The Morgan fingerprint density at radius 1 is 1.55 bits per heavy atom. The first kappa shape index (κ1) is 10.1. The SMILES string of the molecule is CC.CC(C)N1C=NCC1=O. The summed E-state index contributed by atoms with van der Waals surface area (Å²) in [6.45, 7) is 8.27. The first-order valence-corrected chi connectivity index (χ1v) is 4.03. The predicted molar refractivity (Wildman–Crippen MR) is 46.7 cm³/mol. The van der Waals surface area contributed by atoms with Gasteiger partial charge >= 0.3 is 0 Å². The smallest absolute Gasteiger partial charge is 0.249 e. The molecule has 0 aliphatic carbocycles. The van der Waals surface area contributed by atoms with Gasteiger partial charge in [0.1, 0.15) is 6.54 Å². The number of nitrogens with zero attached hydrogens (tertiary/aromatic N) is 2. The molecule has 0 fully saturated rings. The van der Waals surface area contributed by atoms with Gasteiger partial charge in [-0.25, -0.2) is 0 Å². The molecule has 0 spiro atoms. The van der Waals surface area contributed by atoms with Crippen LogP contribution >= 0.6 is 0 Å². The molecule has 0 radical (unpaired) electrons. The van der Waals surface area contributed by atoms with Gasteiger partial charge < -0.3 is 0 Å². The highest BCUT2D eigenvalue weighted by molar-refractivity contribution is 5.94. The van der Waals surface area contributed by atoms with Crippen LogP contribution in [0, 0.1) is 0 Å². The molecule has 0 unspecified atom stereocenters. The van der Waals surface area contributed by atoms with Crippen LogP contribution in [0.5, 0.6) is 0 Å². The summed E-state index contributed by atoms with van der Waals surface area (Å²) in [6, 6.07) is 0.253. The van der Waals surface area contributed by atoms with Gasteiger partial charge in [0.25, 0.3) is 0 Å². The fourth-order valence-corrected chi connectivity index (χ4v) is 0.774. The molecule has 11 heavy (non-hydrogen) atoms. The van der Waals surface area contributed by atoms with Crippen molar-refractivity contribution in [3.05, 3.63) is 0 Å². The molecule has 3 nitrogen and oxygen atoms in total. The second-order valence-corrected chi connectivity index (χ2v) is 2.35. The summed E-state index contributed by atoms with van der Waals surface area (Å²) in [5.41, 5.74) is 0. The highest BCUT2D eigenvalue weighted by Crippen LogP contribution is 2.00. The minimum atomic E-state index is 0.102. The number of rotatable bonds is 1. The lowest BCUT2D eigenvalue weighted by molar-refractivity contribution is -0.125. The van der Waals surface area contributed by atoms with Gasteiger partial charge in [-0.15, -0.1) is 0 Å². The highest BCUT2D eigenvalue weighted by Gasteiger charge is 2.17. The molecule has 64 valence electrons. The second kappa shape index (κ2) is 4.88. The zero-order valence-electron chi connectivity index (χ0n) is 7.66. The molecule has 1 rings (SSSR count). The first-order chi connectivity index (χ1) is 5.22. The van der Waals surface area contributed by atoms with Crippen molar-refractivity contribution in [1.29, 1.82) is 0 Å². The summed E-state index contributed by atoms with van der Waals surface area (Å²) < 4.78 is 0. The van der Waals surface area contributed by atoms with Crippen molar-refractivity contribution in [3.63, 3.8) is 0 Å². The predicted octanol–water partition coefficient (Wildman–Crippen LogP) is 1.29. The molecular formula is C8H16N2O. The maximum atomic E-state index is 10.8. The fourth-order valence-electron chi connectivity index (χ4n) is 0.774. The van der Waals surface area contributed by atoms with Crippen LogP contribution in [-0.2, 0) is 4.79 Å². The standard InChI is InChI=1S/C6H10N2O.C2H6/c1-5(2)8-4-7-3-6(8)9;1-2/h4-5H,3H2,1-2H3;1-2H3. The lowest BCUT2D eigenvalue weighted by Gasteiger charge is -2.15. The first-order valence-electron chi connectivity index (χ1n) is 4.03. The Bertz CT molecular complexity index is 152. The van der Waals surface area contributed by atoms with E-state index in [0.29, 0.717) is 6.54 Å². The summed E-state index contributed by atoms with van der Waals surface area (Å²) in [7, 11) is 0. The van der Waals surface area contributed by atoms with Gasteiger partial charge in [-0.1, -0.05) is 13.8 Å². The Morgan fingerprint density at radius 3 is 2.27 bits per heavy atom. The largest absolute Gasteiger partial charge is 0.299 e. The van der Waals surface area contributed by atoms with Crippen molar-refractivity contribution in [2.75, 3.05) is 6.54 Å². The molecule has 1 amide bonds. The van der Waals surface area contributed by atoms with Crippen LogP contribution in [-0.4, -0.2) is 29.7 Å². The number of carbonyl (C=O) groups is 1. The van der Waals surface area contributed by atoms with E-state index in [9.17, 15) is 4.79 Å². The van der Waals surface area contributed by atoms with Crippen molar-refractivity contribution < 1.29 is 4.79 Å². The maximum Gasteiger partial charge on any atom is 0.249 e. The van der Waals surface area contributed by atoms with Gasteiger partial charge in [0, 0.05) is 6.04 Å². The zero-order chi connectivity index (χ0) is 8.85. The van der Waals surface area contributed by atoms with Crippen LogP contribution in [0.3, 0.4) is 0 Å². The Hall–Kier alpha value is -0.860. The summed E-state index contributed by atoms with van der Waals surface area (Å²) in [5, 5.41) is 0. The second-order valence-electron chi connectivity index (χ2n) is 2.35. The summed E-state index contributed by atoms with van der Waals surface area (Å²) in [5.74, 6) is 0.102. The molecular weight excluding hydrogens is 140 g/mol. The van der Waals surface area contributed by atoms with Crippen molar-refractivity contribution in [1.82, 2.24) is 4.90 Å².